The number of nitrogens with one attached hydrogen (secondary N) is 1. The summed E-state index contributed by atoms with van der Waals surface area (Å²) in [5, 5.41) is 7.05. The van der Waals surface area contributed by atoms with E-state index in [1.807, 2.05) is 6.92 Å². The van der Waals surface area contributed by atoms with E-state index in [1.165, 1.54) is 6.33 Å². The zero-order valence-electron chi connectivity index (χ0n) is 10.1. The summed E-state index contributed by atoms with van der Waals surface area (Å²) in [4.78, 5) is 15.9. The molecule has 1 fully saturated rings. The van der Waals surface area contributed by atoms with Crippen molar-refractivity contribution >= 4 is 5.91 Å². The predicted molar refractivity (Wildman–Crippen MR) is 63.1 cm³/mol. The third-order valence-corrected chi connectivity index (χ3v) is 3.55. The van der Waals surface area contributed by atoms with Gasteiger partial charge in [-0.2, -0.15) is 5.10 Å². The fraction of sp³-hybridized carbons (Fsp3) is 0.727. The Morgan fingerprint density at radius 1 is 1.59 bits per heavy atom. The molecule has 0 aromatic carbocycles. The van der Waals surface area contributed by atoms with E-state index in [0.29, 0.717) is 6.54 Å². The molecule has 1 saturated carbocycles. The van der Waals surface area contributed by atoms with E-state index in [1.54, 1.807) is 11.0 Å². The number of hydrogen-bond acceptors (Lipinski definition) is 4. The van der Waals surface area contributed by atoms with Crippen LogP contribution in [-0.2, 0) is 4.79 Å². The molecular weight excluding hydrogens is 218 g/mol. The largest absolute Gasteiger partial charge is 0.348 e. The highest BCUT2D eigenvalue weighted by molar-refractivity contribution is 5.80. The summed E-state index contributed by atoms with van der Waals surface area (Å²) in [5.41, 5.74) is 5.58. The number of carbonyl (C=O) groups is 1. The van der Waals surface area contributed by atoms with Gasteiger partial charge in [0.25, 0.3) is 0 Å². The van der Waals surface area contributed by atoms with Crippen LogP contribution in [0.15, 0.2) is 12.7 Å². The average molecular weight is 237 g/mol. The Kier molecular flexibility index (Phi) is 3.42. The first-order valence-corrected chi connectivity index (χ1v) is 6.03. The maximum absolute atomic E-state index is 12.1. The van der Waals surface area contributed by atoms with E-state index in [9.17, 15) is 4.79 Å². The highest BCUT2D eigenvalue weighted by Gasteiger charge is 2.35. The van der Waals surface area contributed by atoms with Gasteiger partial charge in [-0.25, -0.2) is 9.67 Å². The van der Waals surface area contributed by atoms with Gasteiger partial charge in [0.1, 0.15) is 18.7 Å². The Hall–Kier alpha value is -1.43. The van der Waals surface area contributed by atoms with E-state index in [0.717, 1.165) is 25.7 Å². The van der Waals surface area contributed by atoms with E-state index < -0.39 is 0 Å². The summed E-state index contributed by atoms with van der Waals surface area (Å²) < 4.78 is 1.55. The van der Waals surface area contributed by atoms with Gasteiger partial charge in [0.2, 0.25) is 5.91 Å². The molecule has 0 radical (unpaired) electrons. The molecule has 0 saturated heterocycles. The minimum absolute atomic E-state index is 0.0390. The summed E-state index contributed by atoms with van der Waals surface area (Å²) >= 11 is 0. The highest BCUT2D eigenvalue weighted by atomic mass is 16.2. The number of nitrogens with zero attached hydrogens (tertiary/aromatic N) is 3. The van der Waals surface area contributed by atoms with Gasteiger partial charge in [-0.15, -0.1) is 0 Å². The molecule has 6 nitrogen and oxygen atoms in total. The van der Waals surface area contributed by atoms with Crippen LogP contribution in [0.5, 0.6) is 0 Å². The van der Waals surface area contributed by atoms with Crippen molar-refractivity contribution < 1.29 is 4.79 Å². The van der Waals surface area contributed by atoms with Crippen molar-refractivity contribution in [1.29, 1.82) is 0 Å². The third kappa shape index (κ3) is 2.46. The summed E-state index contributed by atoms with van der Waals surface area (Å²) in [7, 11) is 0. The Labute approximate surface area is 101 Å². The molecule has 1 unspecified atom stereocenters. The SMILES string of the molecule is CC(C(=O)NC1(CN)CCCC1)n1cncn1. The lowest BCUT2D eigenvalue weighted by atomic mass is 9.97. The van der Waals surface area contributed by atoms with Gasteiger partial charge in [0.15, 0.2) is 0 Å². The smallest absolute Gasteiger partial charge is 0.245 e. The zero-order chi connectivity index (χ0) is 12.3. The van der Waals surface area contributed by atoms with Crippen LogP contribution < -0.4 is 11.1 Å². The van der Waals surface area contributed by atoms with E-state index in [-0.39, 0.29) is 17.5 Å². The summed E-state index contributed by atoms with van der Waals surface area (Å²) in [6.07, 6.45) is 7.19. The molecule has 94 valence electrons. The Balaban J connectivity index is 2.01. The molecular formula is C11H19N5O. The highest BCUT2D eigenvalue weighted by Crippen LogP contribution is 2.29. The van der Waals surface area contributed by atoms with Crippen LogP contribution in [0.2, 0.25) is 0 Å². The van der Waals surface area contributed by atoms with Crippen molar-refractivity contribution in [3.63, 3.8) is 0 Å². The first kappa shape index (κ1) is 12.0. The van der Waals surface area contributed by atoms with Gasteiger partial charge in [-0.1, -0.05) is 12.8 Å². The lowest BCUT2D eigenvalue weighted by molar-refractivity contribution is -0.126. The van der Waals surface area contributed by atoms with Gasteiger partial charge >= 0.3 is 0 Å². The normalized spacial score (nSPS) is 20.1. The van der Waals surface area contributed by atoms with Gasteiger partial charge in [0, 0.05) is 6.54 Å². The van der Waals surface area contributed by atoms with Crippen molar-refractivity contribution in [2.45, 2.75) is 44.2 Å². The number of rotatable bonds is 4. The molecule has 1 heterocycles. The second kappa shape index (κ2) is 4.83. The Morgan fingerprint density at radius 2 is 2.29 bits per heavy atom. The molecule has 1 atom stereocenters. The van der Waals surface area contributed by atoms with Crippen molar-refractivity contribution in [3.05, 3.63) is 12.7 Å². The zero-order valence-corrected chi connectivity index (χ0v) is 10.1. The van der Waals surface area contributed by atoms with Gasteiger partial charge in [-0.3, -0.25) is 4.79 Å². The van der Waals surface area contributed by atoms with Crippen LogP contribution in [0.1, 0.15) is 38.6 Å². The van der Waals surface area contributed by atoms with Crippen LogP contribution in [0, 0.1) is 0 Å². The molecule has 3 N–H and O–H groups in total. The van der Waals surface area contributed by atoms with Crippen LogP contribution in [0.4, 0.5) is 0 Å². The number of hydrogen-bond donors (Lipinski definition) is 2. The summed E-state index contributed by atoms with van der Waals surface area (Å²) in [5.74, 6) is -0.0390. The maximum atomic E-state index is 12.1. The third-order valence-electron chi connectivity index (χ3n) is 3.55. The monoisotopic (exact) mass is 237 g/mol. The molecule has 1 aromatic rings. The summed E-state index contributed by atoms with van der Waals surface area (Å²) in [6, 6.07) is -0.346. The average Bonchev–Trinajstić information content (AvgIpc) is 2.99. The Bertz CT molecular complexity index is 369. The van der Waals surface area contributed by atoms with Crippen molar-refractivity contribution in [3.8, 4) is 0 Å². The molecule has 1 aliphatic carbocycles. The molecule has 6 heteroatoms. The van der Waals surface area contributed by atoms with Gasteiger partial charge in [0.05, 0.1) is 5.54 Å². The molecule has 0 spiro atoms. The maximum Gasteiger partial charge on any atom is 0.245 e. The lowest BCUT2D eigenvalue weighted by Gasteiger charge is -2.30. The summed E-state index contributed by atoms with van der Waals surface area (Å²) in [6.45, 7) is 2.31. The Morgan fingerprint density at radius 3 is 2.82 bits per heavy atom. The first-order valence-electron chi connectivity index (χ1n) is 6.03. The first-order chi connectivity index (χ1) is 8.17. The molecule has 0 bridgehead atoms. The second-order valence-corrected chi connectivity index (χ2v) is 4.73. The number of amides is 1. The van der Waals surface area contributed by atoms with E-state index >= 15 is 0 Å². The number of aromatic nitrogens is 3. The molecule has 1 aromatic heterocycles. The predicted octanol–water partition coefficient (Wildman–Crippen LogP) is 0.227. The number of nitrogens with two attached hydrogens (primary N) is 1. The molecule has 1 amide bonds. The molecule has 1 aliphatic rings. The van der Waals surface area contributed by atoms with Crippen LogP contribution >= 0.6 is 0 Å². The molecule has 2 rings (SSSR count). The second-order valence-electron chi connectivity index (χ2n) is 4.73. The number of carbonyl (C=O) groups excluding carboxylic acids is 1. The van der Waals surface area contributed by atoms with Crippen molar-refractivity contribution in [1.82, 2.24) is 20.1 Å². The quantitative estimate of drug-likeness (QED) is 0.784. The minimum Gasteiger partial charge on any atom is -0.348 e. The minimum atomic E-state index is -0.346. The topological polar surface area (TPSA) is 85.8 Å². The van der Waals surface area contributed by atoms with Crippen LogP contribution in [0.25, 0.3) is 0 Å². The van der Waals surface area contributed by atoms with Crippen LogP contribution in [-0.4, -0.2) is 32.8 Å². The standard InChI is InChI=1S/C11H19N5O/c1-9(16-8-13-7-14-16)10(17)15-11(6-12)4-2-3-5-11/h7-9H,2-6,12H2,1H3,(H,15,17). The van der Waals surface area contributed by atoms with E-state index in [2.05, 4.69) is 15.4 Å². The van der Waals surface area contributed by atoms with E-state index in [4.69, 9.17) is 5.73 Å². The van der Waals surface area contributed by atoms with Crippen molar-refractivity contribution in [2.75, 3.05) is 6.54 Å². The van der Waals surface area contributed by atoms with Gasteiger partial charge < -0.3 is 11.1 Å². The van der Waals surface area contributed by atoms with Gasteiger partial charge in [-0.05, 0) is 19.8 Å². The van der Waals surface area contributed by atoms with Crippen LogP contribution in [0.3, 0.4) is 0 Å². The lowest BCUT2D eigenvalue weighted by Crippen LogP contribution is -2.53. The fourth-order valence-electron chi connectivity index (χ4n) is 2.34. The van der Waals surface area contributed by atoms with Crippen molar-refractivity contribution in [2.24, 2.45) is 5.73 Å². The molecule has 17 heavy (non-hydrogen) atoms. The fourth-order valence-corrected chi connectivity index (χ4v) is 2.34. The molecule has 0 aliphatic heterocycles.